The number of halogens is 2. The van der Waals surface area contributed by atoms with Crippen molar-refractivity contribution in [2.75, 3.05) is 0 Å². The molecule has 1 saturated heterocycles. The standard InChI is InChI=1S/2C21H21.C6H10.2ClH.Zr/c2*1-15-9-11-17(12-10-15)20-8-4-7-18-13-19(14-21(18)20)16-5-2-3-6-16;1-2-4-6-5-3-1;;;/h2*4,7-14,16H,2-3,5-6H2,1H3;1-2H,3-6H2;2*1H;/q;;;;;+2/p-2. The van der Waals surface area contributed by atoms with Gasteiger partial charge >= 0.3 is 301 Å². The van der Waals surface area contributed by atoms with Crippen LogP contribution in [0.25, 0.3) is 34.4 Å². The zero-order chi connectivity index (χ0) is 32.7. The molecule has 1 aliphatic heterocycles. The summed E-state index contributed by atoms with van der Waals surface area (Å²) in [5, 5.41) is 0. The van der Waals surface area contributed by atoms with E-state index in [4.69, 9.17) is 0 Å². The van der Waals surface area contributed by atoms with Gasteiger partial charge in [0, 0.05) is 0 Å². The molecule has 0 amide bonds. The summed E-state index contributed by atoms with van der Waals surface area (Å²) in [5.74, 6) is 1.58. The third-order valence-corrected chi connectivity index (χ3v) is 31.4. The summed E-state index contributed by atoms with van der Waals surface area (Å²) in [6.45, 7) is 4.44. The normalized spacial score (nSPS) is 26.6. The largest absolute Gasteiger partial charge is 1.00 e. The maximum atomic E-state index is 2.83. The topological polar surface area (TPSA) is 0 Å². The first-order valence-electron chi connectivity index (χ1n) is 20.0. The van der Waals surface area contributed by atoms with Crippen LogP contribution in [0, 0.1) is 25.7 Å². The van der Waals surface area contributed by atoms with Crippen LogP contribution in [0.2, 0.25) is 7.25 Å². The molecule has 6 aliphatic rings. The van der Waals surface area contributed by atoms with Gasteiger partial charge in [0.1, 0.15) is 0 Å². The molecule has 4 fully saturated rings. The average molecular weight is 791 g/mol. The van der Waals surface area contributed by atoms with Crippen LogP contribution in [-0.2, 0) is 20.3 Å². The van der Waals surface area contributed by atoms with E-state index in [1.165, 1.54) is 110 Å². The minimum atomic E-state index is -3.09. The molecule has 262 valence electrons. The van der Waals surface area contributed by atoms with Gasteiger partial charge in [-0.2, -0.15) is 0 Å². The zero-order valence-electron chi connectivity index (χ0n) is 30.4. The number of hydrogen-bond acceptors (Lipinski definition) is 0. The van der Waals surface area contributed by atoms with Crippen molar-refractivity contribution < 1.29 is 45.1 Å². The molecular weight excluding hydrogens is 739 g/mol. The number of rotatable bonds is 6. The van der Waals surface area contributed by atoms with Crippen molar-refractivity contribution in [1.29, 1.82) is 0 Å². The van der Waals surface area contributed by atoms with Gasteiger partial charge in [0.15, 0.2) is 0 Å². The second-order valence-corrected chi connectivity index (χ2v) is 28.4. The molecule has 4 atom stereocenters. The van der Waals surface area contributed by atoms with E-state index in [2.05, 4.69) is 111 Å². The van der Waals surface area contributed by atoms with E-state index < -0.39 is 20.3 Å². The summed E-state index contributed by atoms with van der Waals surface area (Å²) in [6.07, 6.45) is 23.0. The molecule has 0 radical (unpaired) electrons. The van der Waals surface area contributed by atoms with Crippen molar-refractivity contribution in [3.05, 3.63) is 129 Å². The van der Waals surface area contributed by atoms with Crippen molar-refractivity contribution in [3.63, 3.8) is 0 Å². The van der Waals surface area contributed by atoms with Crippen LogP contribution < -0.4 is 24.8 Å². The molecule has 0 spiro atoms. The summed E-state index contributed by atoms with van der Waals surface area (Å²) < 4.78 is 3.57. The van der Waals surface area contributed by atoms with E-state index in [1.54, 1.807) is 22.3 Å². The molecule has 4 aromatic rings. The molecular formula is C48H52Cl2Zr. The minimum absolute atomic E-state index is 0. The summed E-state index contributed by atoms with van der Waals surface area (Å²) in [6, 6.07) is 33.9. The molecule has 0 nitrogen and oxygen atoms in total. The predicted octanol–water partition coefficient (Wildman–Crippen LogP) is 7.92. The average Bonchev–Trinajstić information content (AvgIpc) is 3.80. The van der Waals surface area contributed by atoms with Crippen LogP contribution in [0.15, 0.2) is 96.1 Å². The molecule has 5 aliphatic carbocycles. The number of benzene rings is 4. The molecule has 3 saturated carbocycles. The first-order chi connectivity index (χ1) is 24.1. The van der Waals surface area contributed by atoms with Crippen molar-refractivity contribution in [2.24, 2.45) is 11.8 Å². The maximum Gasteiger partial charge on any atom is -1.00 e. The second kappa shape index (κ2) is 14.2. The smallest absolute Gasteiger partial charge is 1.00 e. The van der Waals surface area contributed by atoms with E-state index >= 15 is 0 Å². The fourth-order valence-electron chi connectivity index (χ4n) is 12.4. The van der Waals surface area contributed by atoms with E-state index in [0.29, 0.717) is 0 Å². The van der Waals surface area contributed by atoms with Crippen molar-refractivity contribution >= 4 is 12.2 Å². The van der Waals surface area contributed by atoms with E-state index in [0.717, 1.165) is 26.3 Å². The molecule has 10 rings (SSSR count). The van der Waals surface area contributed by atoms with Crippen LogP contribution in [-0.4, -0.2) is 0 Å². The van der Waals surface area contributed by atoms with Crippen molar-refractivity contribution in [2.45, 2.75) is 105 Å². The van der Waals surface area contributed by atoms with Crippen molar-refractivity contribution in [3.8, 4) is 22.3 Å². The Bertz CT molecular complexity index is 1830. The van der Waals surface area contributed by atoms with Gasteiger partial charge in [0.25, 0.3) is 0 Å². The van der Waals surface area contributed by atoms with Gasteiger partial charge in [-0.05, 0) is 0 Å². The van der Waals surface area contributed by atoms with Crippen LogP contribution in [0.4, 0.5) is 0 Å². The third-order valence-electron chi connectivity index (χ3n) is 14.5. The van der Waals surface area contributed by atoms with E-state index in [1.807, 2.05) is 11.1 Å². The van der Waals surface area contributed by atoms with Crippen LogP contribution >= 0.6 is 0 Å². The maximum absolute atomic E-state index is 3.09. The fraction of sp³-hybridized carbons (Fsp3) is 0.417. The van der Waals surface area contributed by atoms with Crippen LogP contribution in [0.1, 0.15) is 118 Å². The van der Waals surface area contributed by atoms with Crippen molar-refractivity contribution in [1.82, 2.24) is 0 Å². The molecule has 0 bridgehead atoms. The van der Waals surface area contributed by atoms with E-state index in [-0.39, 0.29) is 24.8 Å². The third kappa shape index (κ3) is 5.69. The first kappa shape index (κ1) is 35.8. The zero-order valence-corrected chi connectivity index (χ0v) is 34.4. The van der Waals surface area contributed by atoms with Crippen LogP contribution in [0.3, 0.4) is 0 Å². The predicted molar refractivity (Wildman–Crippen MR) is 205 cm³/mol. The van der Waals surface area contributed by atoms with Gasteiger partial charge in [-0.25, -0.2) is 0 Å². The monoisotopic (exact) mass is 788 g/mol. The number of fused-ring (bicyclic) bond motifs is 3. The van der Waals surface area contributed by atoms with Gasteiger partial charge in [-0.3, -0.25) is 0 Å². The summed E-state index contributed by atoms with van der Waals surface area (Å²) in [7, 11) is 0. The van der Waals surface area contributed by atoms with E-state index in [9.17, 15) is 0 Å². The SMILES string of the molecule is Cc1ccc(-c2cccc3c2C=C(C2CCCC2)[CH]3[Zr+2]2([CH]3C(C4CCCC4)=Cc4c(-c5ccc(C)cc5)cccc43)[CH]3CCCC[CH]32)cc1.[Cl-].[Cl-]. The second-order valence-electron chi connectivity index (χ2n) is 17.0. The van der Waals surface area contributed by atoms with Gasteiger partial charge in [0.05, 0.1) is 0 Å². The molecule has 4 aromatic carbocycles. The Morgan fingerprint density at radius 1 is 0.451 bits per heavy atom. The van der Waals surface area contributed by atoms with Gasteiger partial charge in [0.2, 0.25) is 0 Å². The fourth-order valence-corrected chi connectivity index (χ4v) is 35.7. The van der Waals surface area contributed by atoms with Gasteiger partial charge < -0.3 is 24.8 Å². The Morgan fingerprint density at radius 3 is 1.22 bits per heavy atom. The summed E-state index contributed by atoms with van der Waals surface area (Å²) in [4.78, 5) is 0. The Morgan fingerprint density at radius 2 is 0.824 bits per heavy atom. The Hall–Kier alpha value is -2.18. The molecule has 1 heterocycles. The summed E-state index contributed by atoms with van der Waals surface area (Å²) in [5.41, 5.74) is 19.1. The Kier molecular flexibility index (Phi) is 10.0. The Balaban J connectivity index is 0.00000187. The number of hydrogen-bond donors (Lipinski definition) is 0. The van der Waals surface area contributed by atoms with Crippen LogP contribution in [0.5, 0.6) is 0 Å². The van der Waals surface area contributed by atoms with Gasteiger partial charge in [-0.15, -0.1) is 0 Å². The molecule has 0 N–H and O–H groups in total. The quantitative estimate of drug-likeness (QED) is 0.186. The molecule has 3 heteroatoms. The number of aryl methyl sites for hydroxylation is 2. The first-order valence-corrected chi connectivity index (χ1v) is 25.6. The molecule has 4 unspecified atom stereocenters. The molecule has 51 heavy (non-hydrogen) atoms. The van der Waals surface area contributed by atoms with Gasteiger partial charge in [-0.1, -0.05) is 0 Å². The molecule has 0 aromatic heterocycles. The number of allylic oxidation sites excluding steroid dienone is 2. The minimum Gasteiger partial charge on any atom is -1.00 e. The Labute approximate surface area is 323 Å². The summed E-state index contributed by atoms with van der Waals surface area (Å²) >= 11 is -3.09.